The van der Waals surface area contributed by atoms with Gasteiger partial charge in [-0.3, -0.25) is 4.98 Å². The Morgan fingerprint density at radius 3 is 2.87 bits per heavy atom. The Morgan fingerprint density at radius 2 is 2.27 bits per heavy atom. The number of aryl methyl sites for hydroxylation is 1. The summed E-state index contributed by atoms with van der Waals surface area (Å²) in [5.41, 5.74) is 1.52. The lowest BCUT2D eigenvalue weighted by Crippen LogP contribution is -1.91. The number of rotatable bonds is 2. The molecule has 0 unspecified atom stereocenters. The molecule has 78 valence electrons. The molecule has 0 aliphatic carbocycles. The normalized spacial score (nSPS) is 10.6. The zero-order valence-electron chi connectivity index (χ0n) is 8.07. The van der Waals surface area contributed by atoms with E-state index in [1.807, 2.05) is 0 Å². The van der Waals surface area contributed by atoms with Crippen LogP contribution in [0, 0.1) is 12.7 Å². The van der Waals surface area contributed by atoms with Crippen molar-refractivity contribution in [1.29, 1.82) is 0 Å². The van der Waals surface area contributed by atoms with Gasteiger partial charge in [-0.25, -0.2) is 4.39 Å². The zero-order chi connectivity index (χ0) is 10.8. The average molecular weight is 208 g/mol. The quantitative estimate of drug-likeness (QED) is 0.815. The summed E-state index contributed by atoms with van der Waals surface area (Å²) in [6.45, 7) is 1.52. The lowest BCUT2D eigenvalue weighted by molar-refractivity contribution is 0.278. The van der Waals surface area contributed by atoms with Gasteiger partial charge in [-0.2, -0.15) is 0 Å². The number of aliphatic hydroxyl groups excluding tert-OH is 1. The lowest BCUT2D eigenvalue weighted by atomic mass is 10.1. The molecule has 2 rings (SSSR count). The highest BCUT2D eigenvalue weighted by atomic mass is 19.1. The van der Waals surface area contributed by atoms with Gasteiger partial charge in [0.2, 0.25) is 0 Å². The summed E-state index contributed by atoms with van der Waals surface area (Å²) in [4.78, 5) is 3.86. The molecule has 5 heteroatoms. The summed E-state index contributed by atoms with van der Waals surface area (Å²) < 4.78 is 17.6. The van der Waals surface area contributed by atoms with Crippen molar-refractivity contribution < 1.29 is 14.0 Å². The second kappa shape index (κ2) is 3.78. The highest BCUT2D eigenvalue weighted by molar-refractivity contribution is 5.58. The topological polar surface area (TPSA) is 59.2 Å². The highest BCUT2D eigenvalue weighted by Gasteiger charge is 2.14. The van der Waals surface area contributed by atoms with Crippen LogP contribution in [0.2, 0.25) is 0 Å². The van der Waals surface area contributed by atoms with E-state index in [1.165, 1.54) is 12.1 Å². The molecule has 4 nitrogen and oxygen atoms in total. The van der Waals surface area contributed by atoms with Crippen LogP contribution in [0.15, 0.2) is 22.9 Å². The summed E-state index contributed by atoms with van der Waals surface area (Å²) in [5.74, 6) is 0.128. The third-order valence-electron chi connectivity index (χ3n) is 2.11. The predicted molar refractivity (Wildman–Crippen MR) is 50.4 cm³/mol. The summed E-state index contributed by atoms with van der Waals surface area (Å²) in [7, 11) is 0. The van der Waals surface area contributed by atoms with Gasteiger partial charge in [-0.05, 0) is 19.1 Å². The SMILES string of the molecule is Cc1onc(-c2ccc(F)cn2)c1CO. The standard InChI is InChI=1S/C10H9FN2O2/c1-6-8(5-14)10(13-15-6)9-3-2-7(11)4-12-9/h2-4,14H,5H2,1H3. The average Bonchev–Trinajstić information content (AvgIpc) is 2.61. The summed E-state index contributed by atoms with van der Waals surface area (Å²) in [6.07, 6.45) is 1.10. The molecule has 0 aliphatic heterocycles. The van der Waals surface area contributed by atoms with Gasteiger partial charge >= 0.3 is 0 Å². The van der Waals surface area contributed by atoms with Gasteiger partial charge in [0.15, 0.2) is 0 Å². The van der Waals surface area contributed by atoms with E-state index in [1.54, 1.807) is 6.92 Å². The molecule has 2 aromatic rings. The Balaban J connectivity index is 2.49. The van der Waals surface area contributed by atoms with E-state index in [2.05, 4.69) is 10.1 Å². The number of aliphatic hydroxyl groups is 1. The molecule has 0 aromatic carbocycles. The third-order valence-corrected chi connectivity index (χ3v) is 2.11. The van der Waals surface area contributed by atoms with Crippen molar-refractivity contribution in [3.05, 3.63) is 35.5 Å². The molecule has 0 radical (unpaired) electrons. The van der Waals surface area contributed by atoms with Gasteiger partial charge in [0.1, 0.15) is 17.3 Å². The van der Waals surface area contributed by atoms with Crippen LogP contribution >= 0.6 is 0 Å². The lowest BCUT2D eigenvalue weighted by Gasteiger charge is -1.97. The van der Waals surface area contributed by atoms with Crippen molar-refractivity contribution in [3.8, 4) is 11.4 Å². The predicted octanol–water partition coefficient (Wildman–Crippen LogP) is 1.68. The minimum Gasteiger partial charge on any atom is -0.391 e. The molecular weight excluding hydrogens is 199 g/mol. The summed E-state index contributed by atoms with van der Waals surface area (Å²) >= 11 is 0. The Kier molecular flexibility index (Phi) is 2.47. The van der Waals surface area contributed by atoms with Crippen molar-refractivity contribution in [2.75, 3.05) is 0 Å². The van der Waals surface area contributed by atoms with E-state index in [9.17, 15) is 4.39 Å². The van der Waals surface area contributed by atoms with Gasteiger partial charge in [0, 0.05) is 5.56 Å². The first-order chi connectivity index (χ1) is 7.22. The fraction of sp³-hybridized carbons (Fsp3) is 0.200. The third kappa shape index (κ3) is 1.73. The maximum atomic E-state index is 12.6. The van der Waals surface area contributed by atoms with Crippen LogP contribution in [-0.4, -0.2) is 15.2 Å². The van der Waals surface area contributed by atoms with Gasteiger partial charge in [0.25, 0.3) is 0 Å². The van der Waals surface area contributed by atoms with Crippen LogP contribution < -0.4 is 0 Å². The molecule has 2 heterocycles. The van der Waals surface area contributed by atoms with Crippen molar-refractivity contribution in [2.24, 2.45) is 0 Å². The minimum atomic E-state index is -0.412. The molecule has 0 saturated carbocycles. The first-order valence-corrected chi connectivity index (χ1v) is 4.40. The minimum absolute atomic E-state index is 0.177. The smallest absolute Gasteiger partial charge is 0.141 e. The van der Waals surface area contributed by atoms with Gasteiger partial charge in [0.05, 0.1) is 18.5 Å². The molecule has 0 amide bonds. The fourth-order valence-electron chi connectivity index (χ4n) is 1.29. The van der Waals surface area contributed by atoms with E-state index in [0.29, 0.717) is 22.7 Å². The Bertz CT molecular complexity index is 465. The first-order valence-electron chi connectivity index (χ1n) is 4.40. The van der Waals surface area contributed by atoms with Crippen LogP contribution in [0.5, 0.6) is 0 Å². The van der Waals surface area contributed by atoms with Crippen molar-refractivity contribution in [1.82, 2.24) is 10.1 Å². The molecular formula is C10H9FN2O2. The highest BCUT2D eigenvalue weighted by Crippen LogP contribution is 2.23. The molecule has 0 atom stereocenters. The molecule has 0 bridgehead atoms. The number of pyridine rings is 1. The molecule has 2 aromatic heterocycles. The maximum Gasteiger partial charge on any atom is 0.141 e. The van der Waals surface area contributed by atoms with Crippen LogP contribution in [0.4, 0.5) is 4.39 Å². The number of hydrogen-bond acceptors (Lipinski definition) is 4. The van der Waals surface area contributed by atoms with Crippen LogP contribution in [-0.2, 0) is 6.61 Å². The summed E-state index contributed by atoms with van der Waals surface area (Å²) in [6, 6.07) is 2.78. The molecule has 0 fully saturated rings. The summed E-state index contributed by atoms with van der Waals surface area (Å²) in [5, 5.41) is 12.9. The van der Waals surface area contributed by atoms with E-state index in [-0.39, 0.29) is 6.61 Å². The Labute approximate surface area is 85.4 Å². The second-order valence-electron chi connectivity index (χ2n) is 3.09. The number of hydrogen-bond donors (Lipinski definition) is 1. The molecule has 0 saturated heterocycles. The zero-order valence-corrected chi connectivity index (χ0v) is 8.07. The number of nitrogens with zero attached hydrogens (tertiary/aromatic N) is 2. The van der Waals surface area contributed by atoms with E-state index in [0.717, 1.165) is 6.20 Å². The van der Waals surface area contributed by atoms with Gasteiger partial charge in [-0.15, -0.1) is 0 Å². The Morgan fingerprint density at radius 1 is 1.47 bits per heavy atom. The maximum absolute atomic E-state index is 12.6. The van der Waals surface area contributed by atoms with E-state index < -0.39 is 5.82 Å². The van der Waals surface area contributed by atoms with E-state index in [4.69, 9.17) is 9.63 Å². The largest absolute Gasteiger partial charge is 0.391 e. The second-order valence-corrected chi connectivity index (χ2v) is 3.09. The van der Waals surface area contributed by atoms with Gasteiger partial charge in [-0.1, -0.05) is 5.16 Å². The van der Waals surface area contributed by atoms with Crippen molar-refractivity contribution in [3.63, 3.8) is 0 Å². The van der Waals surface area contributed by atoms with Gasteiger partial charge < -0.3 is 9.63 Å². The Hall–Kier alpha value is -1.75. The molecule has 1 N–H and O–H groups in total. The molecule has 0 aliphatic rings. The van der Waals surface area contributed by atoms with Crippen molar-refractivity contribution >= 4 is 0 Å². The number of aromatic nitrogens is 2. The molecule has 0 spiro atoms. The first kappa shape index (κ1) is 9.79. The van der Waals surface area contributed by atoms with Crippen LogP contribution in [0.1, 0.15) is 11.3 Å². The fourth-order valence-corrected chi connectivity index (χ4v) is 1.29. The molecule has 15 heavy (non-hydrogen) atoms. The van der Waals surface area contributed by atoms with E-state index >= 15 is 0 Å². The van der Waals surface area contributed by atoms with Crippen LogP contribution in [0.3, 0.4) is 0 Å². The van der Waals surface area contributed by atoms with Crippen molar-refractivity contribution in [2.45, 2.75) is 13.5 Å². The monoisotopic (exact) mass is 208 g/mol. The van der Waals surface area contributed by atoms with Crippen LogP contribution in [0.25, 0.3) is 11.4 Å². The number of halogens is 1.